The van der Waals surface area contributed by atoms with E-state index in [1.54, 1.807) is 21.1 Å². The summed E-state index contributed by atoms with van der Waals surface area (Å²) in [7, 11) is 3.27. The molecule has 0 spiro atoms. The van der Waals surface area contributed by atoms with Crippen LogP contribution in [0, 0.1) is 0 Å². The minimum atomic E-state index is -0.244. The number of methoxy groups -OCH3 is 1. The van der Waals surface area contributed by atoms with Crippen molar-refractivity contribution in [2.24, 2.45) is 0 Å². The normalized spacial score (nSPS) is 12.0. The summed E-state index contributed by atoms with van der Waals surface area (Å²) in [4.78, 5) is 13.3. The fourth-order valence-corrected chi connectivity index (χ4v) is 1.44. The lowest BCUT2D eigenvalue weighted by Gasteiger charge is -2.23. The van der Waals surface area contributed by atoms with Gasteiger partial charge in [0.05, 0.1) is 19.3 Å². The Morgan fingerprint density at radius 2 is 2.28 bits per heavy atom. The third kappa shape index (κ3) is 4.01. The number of hydrogen-bond donors (Lipinski definition) is 2. The number of anilines is 1. The second-order valence-corrected chi connectivity index (χ2v) is 4.21. The topological polar surface area (TPSA) is 61.8 Å². The number of rotatable bonds is 5. The van der Waals surface area contributed by atoms with Crippen LogP contribution in [0.15, 0.2) is 24.3 Å². The Bertz CT molecular complexity index is 396. The van der Waals surface area contributed by atoms with Gasteiger partial charge < -0.3 is 20.1 Å². The number of likely N-dealkylation sites (N-methyl/N-ethyl adjacent to an activating group) is 1. The molecule has 18 heavy (non-hydrogen) atoms. The van der Waals surface area contributed by atoms with E-state index in [-0.39, 0.29) is 18.7 Å². The van der Waals surface area contributed by atoms with Crippen LogP contribution in [-0.4, -0.2) is 42.8 Å². The van der Waals surface area contributed by atoms with Crippen LogP contribution in [0.1, 0.15) is 12.5 Å². The summed E-state index contributed by atoms with van der Waals surface area (Å²) in [5.41, 5.74) is 1.71. The number of urea groups is 1. The summed E-state index contributed by atoms with van der Waals surface area (Å²) in [5.74, 6) is 0. The van der Waals surface area contributed by atoms with Gasteiger partial charge in [-0.3, -0.25) is 0 Å². The van der Waals surface area contributed by atoms with Gasteiger partial charge in [0.25, 0.3) is 0 Å². The highest BCUT2D eigenvalue weighted by Gasteiger charge is 2.14. The zero-order valence-electron chi connectivity index (χ0n) is 11.0. The number of hydrogen-bond acceptors (Lipinski definition) is 3. The average molecular weight is 252 g/mol. The number of carbonyl (C=O) groups is 1. The van der Waals surface area contributed by atoms with Gasteiger partial charge in [-0.1, -0.05) is 12.1 Å². The van der Waals surface area contributed by atoms with Gasteiger partial charge in [0.15, 0.2) is 0 Å². The molecule has 0 bridgehead atoms. The molecule has 100 valence electrons. The number of ether oxygens (including phenoxy) is 1. The summed E-state index contributed by atoms with van der Waals surface area (Å²) in [6, 6.07) is 7.00. The summed E-state index contributed by atoms with van der Waals surface area (Å²) in [6.07, 6.45) is 0. The lowest BCUT2D eigenvalue weighted by Crippen LogP contribution is -2.40. The largest absolute Gasteiger partial charge is 0.394 e. The van der Waals surface area contributed by atoms with Crippen LogP contribution >= 0.6 is 0 Å². The number of nitrogens with zero attached hydrogens (tertiary/aromatic N) is 1. The number of carbonyl (C=O) groups excluding carboxylic acids is 1. The van der Waals surface area contributed by atoms with Crippen molar-refractivity contribution in [1.82, 2.24) is 4.90 Å². The molecular formula is C13H20N2O3. The van der Waals surface area contributed by atoms with E-state index in [4.69, 9.17) is 9.84 Å². The van der Waals surface area contributed by atoms with Crippen LogP contribution in [0.2, 0.25) is 0 Å². The van der Waals surface area contributed by atoms with E-state index in [1.807, 2.05) is 24.3 Å². The molecule has 5 nitrogen and oxygen atoms in total. The minimum Gasteiger partial charge on any atom is -0.394 e. The highest BCUT2D eigenvalue weighted by atomic mass is 16.5. The van der Waals surface area contributed by atoms with Crippen LogP contribution in [0.25, 0.3) is 0 Å². The highest BCUT2D eigenvalue weighted by Crippen LogP contribution is 2.12. The molecule has 0 aliphatic heterocycles. The van der Waals surface area contributed by atoms with Gasteiger partial charge in [-0.2, -0.15) is 0 Å². The molecule has 1 atom stereocenters. The van der Waals surface area contributed by atoms with E-state index in [0.29, 0.717) is 12.3 Å². The molecule has 2 amide bonds. The summed E-state index contributed by atoms with van der Waals surface area (Å²) in [6.45, 7) is 2.22. The summed E-state index contributed by atoms with van der Waals surface area (Å²) >= 11 is 0. The van der Waals surface area contributed by atoms with Crippen molar-refractivity contribution in [1.29, 1.82) is 0 Å². The minimum absolute atomic E-state index is 0.0619. The molecule has 1 aromatic carbocycles. The molecule has 1 aromatic rings. The predicted molar refractivity (Wildman–Crippen MR) is 70.5 cm³/mol. The number of aliphatic hydroxyl groups excluding tert-OH is 1. The summed E-state index contributed by atoms with van der Waals surface area (Å²) < 4.78 is 5.03. The van der Waals surface area contributed by atoms with Gasteiger partial charge in [0.1, 0.15) is 0 Å². The molecule has 0 radical (unpaired) electrons. The zero-order valence-corrected chi connectivity index (χ0v) is 11.0. The Morgan fingerprint density at radius 3 is 2.89 bits per heavy atom. The van der Waals surface area contributed by atoms with E-state index in [9.17, 15) is 4.79 Å². The van der Waals surface area contributed by atoms with E-state index in [1.165, 1.54) is 4.90 Å². The first-order valence-electron chi connectivity index (χ1n) is 5.81. The van der Waals surface area contributed by atoms with E-state index >= 15 is 0 Å². The van der Waals surface area contributed by atoms with E-state index < -0.39 is 0 Å². The first-order chi connectivity index (χ1) is 8.58. The van der Waals surface area contributed by atoms with E-state index in [0.717, 1.165) is 5.56 Å². The highest BCUT2D eigenvalue weighted by molar-refractivity contribution is 5.89. The molecule has 1 unspecified atom stereocenters. The second-order valence-electron chi connectivity index (χ2n) is 4.21. The fraction of sp³-hybridized carbons (Fsp3) is 0.462. The first-order valence-corrected chi connectivity index (χ1v) is 5.81. The van der Waals surface area contributed by atoms with Crippen LogP contribution in [-0.2, 0) is 11.3 Å². The van der Waals surface area contributed by atoms with Crippen molar-refractivity contribution in [3.05, 3.63) is 29.8 Å². The van der Waals surface area contributed by atoms with Gasteiger partial charge in [-0.25, -0.2) is 4.79 Å². The van der Waals surface area contributed by atoms with Crippen molar-refractivity contribution in [3.63, 3.8) is 0 Å². The van der Waals surface area contributed by atoms with Crippen molar-refractivity contribution in [2.45, 2.75) is 19.6 Å². The quantitative estimate of drug-likeness (QED) is 0.838. The maximum Gasteiger partial charge on any atom is 0.321 e. The molecule has 0 aliphatic rings. The Hall–Kier alpha value is -1.59. The third-order valence-corrected chi connectivity index (χ3v) is 2.73. The monoisotopic (exact) mass is 252 g/mol. The van der Waals surface area contributed by atoms with Gasteiger partial charge in [0.2, 0.25) is 0 Å². The van der Waals surface area contributed by atoms with Crippen molar-refractivity contribution < 1.29 is 14.6 Å². The van der Waals surface area contributed by atoms with Crippen LogP contribution in [0.4, 0.5) is 10.5 Å². The lowest BCUT2D eigenvalue weighted by molar-refractivity contribution is 0.166. The Kier molecular flexibility index (Phi) is 5.61. The molecular weight excluding hydrogens is 232 g/mol. The molecule has 0 aromatic heterocycles. The Labute approximate surface area is 107 Å². The molecule has 1 rings (SSSR count). The second kappa shape index (κ2) is 6.98. The maximum atomic E-state index is 11.9. The van der Waals surface area contributed by atoms with Gasteiger partial charge >= 0.3 is 6.03 Å². The third-order valence-electron chi connectivity index (χ3n) is 2.73. The molecule has 0 saturated heterocycles. The van der Waals surface area contributed by atoms with Gasteiger partial charge in [-0.05, 0) is 24.6 Å². The Balaban J connectivity index is 2.66. The number of benzene rings is 1. The van der Waals surface area contributed by atoms with Gasteiger partial charge in [-0.15, -0.1) is 0 Å². The number of amides is 2. The fourth-order valence-electron chi connectivity index (χ4n) is 1.44. The number of nitrogens with one attached hydrogen (secondary N) is 1. The van der Waals surface area contributed by atoms with Crippen LogP contribution in [0.5, 0.6) is 0 Å². The Morgan fingerprint density at radius 1 is 1.56 bits per heavy atom. The predicted octanol–water partition coefficient (Wildman–Crippen LogP) is 1.68. The lowest BCUT2D eigenvalue weighted by atomic mass is 10.2. The first kappa shape index (κ1) is 14.5. The SMILES string of the molecule is COCc1cccc(NC(=O)N(C)C(C)CO)c1. The van der Waals surface area contributed by atoms with Crippen LogP contribution in [0.3, 0.4) is 0 Å². The van der Waals surface area contributed by atoms with Gasteiger partial charge in [0, 0.05) is 19.8 Å². The van der Waals surface area contributed by atoms with Crippen LogP contribution < -0.4 is 5.32 Å². The smallest absolute Gasteiger partial charge is 0.321 e. The van der Waals surface area contributed by atoms with Crippen molar-refractivity contribution in [3.8, 4) is 0 Å². The molecule has 0 saturated carbocycles. The summed E-state index contributed by atoms with van der Waals surface area (Å²) in [5, 5.41) is 11.8. The van der Waals surface area contributed by atoms with Crippen molar-refractivity contribution in [2.75, 3.05) is 26.1 Å². The standard InChI is InChI=1S/C13H20N2O3/c1-10(8-16)15(2)13(17)14-12-6-4-5-11(7-12)9-18-3/h4-7,10,16H,8-9H2,1-3H3,(H,14,17). The molecule has 0 heterocycles. The van der Waals surface area contributed by atoms with E-state index in [2.05, 4.69) is 5.32 Å². The van der Waals surface area contributed by atoms with Crippen molar-refractivity contribution >= 4 is 11.7 Å². The zero-order chi connectivity index (χ0) is 13.5. The average Bonchev–Trinajstić information content (AvgIpc) is 2.37. The number of aliphatic hydroxyl groups is 1. The molecule has 0 aliphatic carbocycles. The molecule has 5 heteroatoms. The molecule has 0 fully saturated rings. The molecule has 2 N–H and O–H groups in total. The maximum absolute atomic E-state index is 11.9.